The normalized spacial score (nSPS) is 24.4. The van der Waals surface area contributed by atoms with E-state index in [1.54, 1.807) is 0 Å². The first kappa shape index (κ1) is 19.0. The summed E-state index contributed by atoms with van der Waals surface area (Å²) in [6.07, 6.45) is -0.307. The molecule has 2 aromatic rings. The Morgan fingerprint density at radius 3 is 1.93 bits per heavy atom. The van der Waals surface area contributed by atoms with Gasteiger partial charge in [0.1, 0.15) is 10.1 Å². The number of allylic oxidation sites excluding steroid dienone is 2. The summed E-state index contributed by atoms with van der Waals surface area (Å²) in [5.41, 5.74) is 1.82. The summed E-state index contributed by atoms with van der Waals surface area (Å²) in [6, 6.07) is 17.8. The minimum absolute atomic E-state index is 0.0707. The molecule has 1 heterocycles. The summed E-state index contributed by atoms with van der Waals surface area (Å²) < 4.78 is 6.26. The first-order valence-corrected chi connectivity index (χ1v) is 9.84. The van der Waals surface area contributed by atoms with Crippen LogP contribution >= 0.6 is 46.4 Å². The van der Waals surface area contributed by atoms with E-state index in [1.165, 1.54) is 0 Å². The van der Waals surface area contributed by atoms with Crippen LogP contribution in [-0.4, -0.2) is 11.4 Å². The number of aryl methyl sites for hydroxylation is 1. The van der Waals surface area contributed by atoms with Crippen LogP contribution in [0.2, 0.25) is 0 Å². The summed E-state index contributed by atoms with van der Waals surface area (Å²) in [6.45, 7) is 2.01. The van der Waals surface area contributed by atoms with Crippen LogP contribution in [0.3, 0.4) is 0 Å². The van der Waals surface area contributed by atoms with Gasteiger partial charge in [0.05, 0.1) is 22.1 Å². The molecule has 0 unspecified atom stereocenters. The molecule has 0 amide bonds. The maximum atomic E-state index is 12.2. The second-order valence-corrected chi connectivity index (χ2v) is 8.17. The second-order valence-electron chi connectivity index (χ2n) is 6.66. The van der Waals surface area contributed by atoms with Gasteiger partial charge in [-0.1, -0.05) is 107 Å². The minimum atomic E-state index is -1.26. The highest BCUT2D eigenvalue weighted by Crippen LogP contribution is 2.65. The van der Waals surface area contributed by atoms with Crippen molar-refractivity contribution >= 4 is 52.2 Å². The van der Waals surface area contributed by atoms with Crippen molar-refractivity contribution in [2.45, 2.75) is 24.5 Å². The van der Waals surface area contributed by atoms with Crippen LogP contribution in [-0.2, 0) is 9.53 Å². The van der Waals surface area contributed by atoms with Crippen molar-refractivity contribution < 1.29 is 9.53 Å². The molecule has 2 nitrogen and oxygen atoms in total. The number of ether oxygens (including phenoxy) is 1. The van der Waals surface area contributed by atoms with Crippen LogP contribution in [0.25, 0.3) is 0 Å². The zero-order valence-electron chi connectivity index (χ0n) is 14.2. The first-order valence-electron chi connectivity index (χ1n) is 8.33. The Kier molecular flexibility index (Phi) is 4.90. The fourth-order valence-electron chi connectivity index (χ4n) is 3.66. The summed E-state index contributed by atoms with van der Waals surface area (Å²) >= 11 is 25.4. The predicted molar refractivity (Wildman–Crippen MR) is 109 cm³/mol. The highest BCUT2D eigenvalue weighted by atomic mass is 35.5. The molecule has 0 N–H and O–H groups in total. The molecule has 2 aliphatic rings. The van der Waals surface area contributed by atoms with Crippen molar-refractivity contribution in [2.24, 2.45) is 0 Å². The number of benzene rings is 2. The molecule has 2 aromatic carbocycles. The van der Waals surface area contributed by atoms with Gasteiger partial charge in [-0.05, 0) is 18.1 Å². The zero-order valence-corrected chi connectivity index (χ0v) is 17.2. The van der Waals surface area contributed by atoms with Crippen molar-refractivity contribution in [2.75, 3.05) is 0 Å². The van der Waals surface area contributed by atoms with Gasteiger partial charge in [0.2, 0.25) is 5.78 Å². The van der Waals surface area contributed by atoms with Crippen molar-refractivity contribution in [3.63, 3.8) is 0 Å². The number of carbonyl (C=O) groups is 1. The van der Waals surface area contributed by atoms with E-state index in [1.807, 2.05) is 61.5 Å². The zero-order chi connectivity index (χ0) is 19.3. The molecular weight excluding hydrogens is 426 g/mol. The van der Waals surface area contributed by atoms with Gasteiger partial charge in [0.25, 0.3) is 0 Å². The van der Waals surface area contributed by atoms with Crippen molar-refractivity contribution in [3.05, 3.63) is 91.4 Å². The Balaban J connectivity index is 1.91. The van der Waals surface area contributed by atoms with Crippen molar-refractivity contribution in [1.82, 2.24) is 0 Å². The fraction of sp³-hybridized carbons (Fsp3) is 0.190. The van der Waals surface area contributed by atoms with Crippen molar-refractivity contribution in [3.8, 4) is 0 Å². The molecule has 1 fully saturated rings. The van der Waals surface area contributed by atoms with Crippen LogP contribution in [0.1, 0.15) is 28.7 Å². The second kappa shape index (κ2) is 6.95. The Morgan fingerprint density at radius 1 is 0.815 bits per heavy atom. The van der Waals surface area contributed by atoms with Gasteiger partial charge in [-0.15, -0.1) is 0 Å². The fourth-order valence-corrected chi connectivity index (χ4v) is 4.91. The molecule has 2 atom stereocenters. The number of hydrogen-bond acceptors (Lipinski definition) is 2. The molecule has 1 saturated heterocycles. The molecule has 6 heteroatoms. The van der Waals surface area contributed by atoms with E-state index in [0.29, 0.717) is 0 Å². The van der Waals surface area contributed by atoms with Crippen molar-refractivity contribution in [1.29, 1.82) is 0 Å². The standard InChI is InChI=1S/C21H14Cl4O2/c1-11-7-9-12(10-8-11)14-18(13-5-3-2-4-6-13)27-21(14)19(24)15(22)17(26)16(23)20(21)25/h2-10,14,18H,1H3/t14-,18-/m1/s1. The first-order chi connectivity index (χ1) is 12.9. The number of halogens is 4. The molecule has 1 spiro atoms. The number of hydrogen-bond donors (Lipinski definition) is 0. The Morgan fingerprint density at radius 2 is 1.37 bits per heavy atom. The van der Waals surface area contributed by atoms with Gasteiger partial charge in [0, 0.05) is 0 Å². The molecule has 0 bridgehead atoms. The molecule has 0 radical (unpaired) electrons. The molecular formula is C21H14Cl4O2. The van der Waals surface area contributed by atoms with Crippen LogP contribution in [0.5, 0.6) is 0 Å². The number of ketones is 1. The van der Waals surface area contributed by atoms with Crippen LogP contribution in [0.4, 0.5) is 0 Å². The Labute approximate surface area is 177 Å². The van der Waals surface area contributed by atoms with E-state index in [0.717, 1.165) is 16.7 Å². The summed E-state index contributed by atoms with van der Waals surface area (Å²) in [7, 11) is 0. The van der Waals surface area contributed by atoms with E-state index in [4.69, 9.17) is 51.1 Å². The molecule has 138 valence electrons. The van der Waals surface area contributed by atoms with Gasteiger partial charge < -0.3 is 4.74 Å². The average Bonchev–Trinajstić information content (AvgIpc) is 2.67. The van der Waals surface area contributed by atoms with Crippen LogP contribution < -0.4 is 0 Å². The molecule has 4 rings (SSSR count). The van der Waals surface area contributed by atoms with E-state index in [2.05, 4.69) is 0 Å². The summed E-state index contributed by atoms with van der Waals surface area (Å²) in [5.74, 6) is -0.871. The number of rotatable bonds is 2. The van der Waals surface area contributed by atoms with Crippen LogP contribution in [0, 0.1) is 6.92 Å². The van der Waals surface area contributed by atoms with Gasteiger partial charge in [0.15, 0.2) is 5.60 Å². The highest BCUT2D eigenvalue weighted by molar-refractivity contribution is 6.61. The largest absolute Gasteiger partial charge is 0.354 e. The number of carbonyl (C=O) groups excluding carboxylic acids is 1. The lowest BCUT2D eigenvalue weighted by atomic mass is 9.68. The molecule has 0 aromatic heterocycles. The maximum absolute atomic E-state index is 12.2. The summed E-state index contributed by atoms with van der Waals surface area (Å²) in [5, 5.41) is -0.174. The van der Waals surface area contributed by atoms with E-state index in [-0.39, 0.29) is 32.2 Å². The van der Waals surface area contributed by atoms with E-state index in [9.17, 15) is 4.79 Å². The lowest BCUT2D eigenvalue weighted by molar-refractivity contribution is -0.183. The third-order valence-corrected chi connectivity index (χ3v) is 6.91. The average molecular weight is 440 g/mol. The van der Waals surface area contributed by atoms with Gasteiger partial charge in [-0.3, -0.25) is 4.79 Å². The maximum Gasteiger partial charge on any atom is 0.218 e. The minimum Gasteiger partial charge on any atom is -0.354 e. The predicted octanol–water partition coefficient (Wildman–Crippen LogP) is 6.55. The Bertz CT molecular complexity index is 949. The van der Waals surface area contributed by atoms with E-state index < -0.39 is 11.4 Å². The lowest BCUT2D eigenvalue weighted by Crippen LogP contribution is -2.56. The van der Waals surface area contributed by atoms with E-state index >= 15 is 0 Å². The monoisotopic (exact) mass is 438 g/mol. The smallest absolute Gasteiger partial charge is 0.218 e. The third-order valence-electron chi connectivity index (χ3n) is 5.05. The highest BCUT2D eigenvalue weighted by Gasteiger charge is 2.64. The SMILES string of the molecule is Cc1ccc([C@@H]2[C@@H](c3ccccc3)OC23C(Cl)=C(Cl)C(=O)C(Cl)=C3Cl)cc1. The molecule has 1 aliphatic carbocycles. The lowest BCUT2D eigenvalue weighted by Gasteiger charge is -2.56. The third kappa shape index (κ3) is 2.78. The molecule has 27 heavy (non-hydrogen) atoms. The molecule has 0 saturated carbocycles. The van der Waals surface area contributed by atoms with Crippen LogP contribution in [0.15, 0.2) is 74.7 Å². The van der Waals surface area contributed by atoms with Gasteiger partial charge in [-0.2, -0.15) is 0 Å². The number of Topliss-reactive ketones (excluding diaryl/α,β-unsaturated/α-hetero) is 1. The topological polar surface area (TPSA) is 26.3 Å². The van der Waals surface area contributed by atoms with Gasteiger partial charge in [-0.25, -0.2) is 0 Å². The van der Waals surface area contributed by atoms with Gasteiger partial charge >= 0.3 is 0 Å². The quantitative estimate of drug-likeness (QED) is 0.530. The summed E-state index contributed by atoms with van der Waals surface area (Å²) in [4.78, 5) is 12.2. The molecule has 1 aliphatic heterocycles. The Hall–Kier alpha value is -1.29.